The molecule has 1 aliphatic heterocycles. The van der Waals surface area contributed by atoms with Gasteiger partial charge in [0.25, 0.3) is 0 Å². The first kappa shape index (κ1) is 19.2. The van der Waals surface area contributed by atoms with Crippen LogP contribution in [-0.4, -0.2) is 37.7 Å². The molecule has 0 bridgehead atoms. The van der Waals surface area contributed by atoms with Crippen molar-refractivity contribution in [2.24, 2.45) is 0 Å². The van der Waals surface area contributed by atoms with Gasteiger partial charge in [0.05, 0.1) is 31.2 Å². The van der Waals surface area contributed by atoms with Gasteiger partial charge in [-0.15, -0.1) is 0 Å². The monoisotopic (exact) mass is 412 g/mol. The second-order valence-corrected chi connectivity index (χ2v) is 7.38. The van der Waals surface area contributed by atoms with Crippen LogP contribution in [0, 0.1) is 6.92 Å². The Morgan fingerprint density at radius 3 is 2.69 bits per heavy atom. The average molecular weight is 412 g/mol. The van der Waals surface area contributed by atoms with Crippen LogP contribution in [0.25, 0.3) is 10.9 Å². The van der Waals surface area contributed by atoms with E-state index in [2.05, 4.69) is 5.32 Å². The number of ether oxygens (including phenoxy) is 4. The molecule has 0 fully saturated rings. The van der Waals surface area contributed by atoms with E-state index >= 15 is 0 Å². The smallest absolute Gasteiger partial charge is 0.234 e. The van der Waals surface area contributed by atoms with Gasteiger partial charge in [-0.05, 0) is 36.8 Å². The van der Waals surface area contributed by atoms with Crippen LogP contribution in [0.4, 0.5) is 5.69 Å². The molecule has 0 aliphatic carbocycles. The number of methoxy groups -OCH3 is 2. The van der Waals surface area contributed by atoms with E-state index < -0.39 is 0 Å². The van der Waals surface area contributed by atoms with Crippen LogP contribution >= 0.6 is 11.8 Å². The Balaban J connectivity index is 1.49. The summed E-state index contributed by atoms with van der Waals surface area (Å²) in [6, 6.07) is 11.1. The summed E-state index contributed by atoms with van der Waals surface area (Å²) < 4.78 is 21.4. The van der Waals surface area contributed by atoms with Gasteiger partial charge < -0.3 is 24.3 Å². The summed E-state index contributed by atoms with van der Waals surface area (Å²) in [7, 11) is 3.13. The van der Waals surface area contributed by atoms with Crippen LogP contribution in [0.15, 0.2) is 41.4 Å². The van der Waals surface area contributed by atoms with Crippen molar-refractivity contribution in [2.45, 2.75) is 11.9 Å². The summed E-state index contributed by atoms with van der Waals surface area (Å²) in [4.78, 5) is 17.2. The minimum atomic E-state index is -0.159. The van der Waals surface area contributed by atoms with Gasteiger partial charge in [0.2, 0.25) is 12.7 Å². The zero-order valence-electron chi connectivity index (χ0n) is 16.3. The lowest BCUT2D eigenvalue weighted by molar-refractivity contribution is -0.113. The van der Waals surface area contributed by atoms with Crippen molar-refractivity contribution >= 4 is 34.3 Å². The van der Waals surface area contributed by atoms with Gasteiger partial charge in [-0.2, -0.15) is 0 Å². The van der Waals surface area contributed by atoms with E-state index in [0.717, 1.165) is 27.2 Å². The molecule has 8 heteroatoms. The molecule has 0 radical (unpaired) electrons. The number of aromatic nitrogens is 1. The summed E-state index contributed by atoms with van der Waals surface area (Å²) in [6.45, 7) is 2.20. The quantitative estimate of drug-likeness (QED) is 0.613. The standard InChI is InChI=1S/C21H20N2O5S/c1-12-6-13-7-18-19(28-11-27-18)9-15(13)23-21(12)29-10-20(24)22-16-8-14(25-2)4-5-17(16)26-3/h4-9H,10-11H2,1-3H3,(H,22,24). The Morgan fingerprint density at radius 1 is 1.14 bits per heavy atom. The zero-order valence-corrected chi connectivity index (χ0v) is 17.1. The van der Waals surface area contributed by atoms with Crippen molar-refractivity contribution in [1.82, 2.24) is 4.98 Å². The molecular weight excluding hydrogens is 392 g/mol. The lowest BCUT2D eigenvalue weighted by Crippen LogP contribution is -2.15. The number of rotatable bonds is 6. The van der Waals surface area contributed by atoms with Gasteiger partial charge in [0.1, 0.15) is 16.5 Å². The summed E-state index contributed by atoms with van der Waals surface area (Å²) in [5, 5.41) is 4.64. The SMILES string of the molecule is COc1ccc(OC)c(NC(=O)CSc2nc3cc4c(cc3cc2C)OCO4)c1. The fourth-order valence-corrected chi connectivity index (χ4v) is 3.82. The second-order valence-electron chi connectivity index (χ2n) is 6.41. The van der Waals surface area contributed by atoms with Gasteiger partial charge in [0.15, 0.2) is 11.5 Å². The molecule has 2 aromatic carbocycles. The van der Waals surface area contributed by atoms with E-state index in [4.69, 9.17) is 23.9 Å². The Labute approximate surface area is 172 Å². The second kappa shape index (κ2) is 8.08. The van der Waals surface area contributed by atoms with Crippen LogP contribution in [0.1, 0.15) is 5.56 Å². The topological polar surface area (TPSA) is 78.9 Å². The van der Waals surface area contributed by atoms with Crippen LogP contribution < -0.4 is 24.3 Å². The molecule has 0 unspecified atom stereocenters. The van der Waals surface area contributed by atoms with E-state index in [1.165, 1.54) is 11.8 Å². The fraction of sp³-hybridized carbons (Fsp3) is 0.238. The van der Waals surface area contributed by atoms with Gasteiger partial charge in [0, 0.05) is 17.5 Å². The number of carbonyl (C=O) groups is 1. The highest BCUT2D eigenvalue weighted by atomic mass is 32.2. The van der Waals surface area contributed by atoms with E-state index in [1.54, 1.807) is 32.4 Å². The summed E-state index contributed by atoms with van der Waals surface area (Å²) >= 11 is 1.38. The first-order valence-electron chi connectivity index (χ1n) is 8.93. The third-order valence-corrected chi connectivity index (χ3v) is 5.57. The third-order valence-electron chi connectivity index (χ3n) is 4.47. The van der Waals surface area contributed by atoms with Crippen LogP contribution in [0.5, 0.6) is 23.0 Å². The van der Waals surface area contributed by atoms with Crippen LogP contribution in [0.2, 0.25) is 0 Å². The molecule has 0 atom stereocenters. The minimum absolute atomic E-state index is 0.159. The number of fused-ring (bicyclic) bond motifs is 2. The van der Waals surface area contributed by atoms with Crippen molar-refractivity contribution in [3.05, 3.63) is 42.0 Å². The average Bonchev–Trinajstić information content (AvgIpc) is 3.17. The molecule has 3 aromatic rings. The Morgan fingerprint density at radius 2 is 1.93 bits per heavy atom. The number of nitrogens with zero attached hydrogens (tertiary/aromatic N) is 1. The number of hydrogen-bond donors (Lipinski definition) is 1. The Hall–Kier alpha value is -3.13. The Kier molecular flexibility index (Phi) is 5.35. The number of aryl methyl sites for hydroxylation is 1. The lowest BCUT2D eigenvalue weighted by Gasteiger charge is -2.12. The fourth-order valence-electron chi connectivity index (χ4n) is 3.03. The number of hydrogen-bond acceptors (Lipinski definition) is 7. The molecule has 29 heavy (non-hydrogen) atoms. The molecule has 0 spiro atoms. The van der Waals surface area contributed by atoms with Crippen molar-refractivity contribution in [3.63, 3.8) is 0 Å². The van der Waals surface area contributed by atoms with E-state index in [0.29, 0.717) is 22.9 Å². The predicted molar refractivity (Wildman–Crippen MR) is 112 cm³/mol. The van der Waals surface area contributed by atoms with E-state index in [9.17, 15) is 4.79 Å². The van der Waals surface area contributed by atoms with Crippen LogP contribution in [0.3, 0.4) is 0 Å². The number of amides is 1. The first-order valence-corrected chi connectivity index (χ1v) is 9.91. The van der Waals surface area contributed by atoms with Gasteiger partial charge in [-0.25, -0.2) is 4.98 Å². The molecule has 150 valence electrons. The Bertz CT molecular complexity index is 1090. The highest BCUT2D eigenvalue weighted by Gasteiger charge is 2.16. The summed E-state index contributed by atoms with van der Waals surface area (Å²) in [5.74, 6) is 2.68. The van der Waals surface area contributed by atoms with Crippen molar-refractivity contribution in [2.75, 3.05) is 32.1 Å². The van der Waals surface area contributed by atoms with Crippen molar-refractivity contribution in [3.8, 4) is 23.0 Å². The van der Waals surface area contributed by atoms with E-state index in [-0.39, 0.29) is 18.5 Å². The number of anilines is 1. The zero-order chi connectivity index (χ0) is 20.4. The molecule has 7 nitrogen and oxygen atoms in total. The maximum Gasteiger partial charge on any atom is 0.234 e. The number of benzene rings is 2. The van der Waals surface area contributed by atoms with Crippen molar-refractivity contribution in [1.29, 1.82) is 0 Å². The number of thioether (sulfide) groups is 1. The number of carbonyl (C=O) groups excluding carboxylic acids is 1. The van der Waals surface area contributed by atoms with Gasteiger partial charge in [-0.1, -0.05) is 11.8 Å². The molecule has 4 rings (SSSR count). The largest absolute Gasteiger partial charge is 0.497 e. The maximum absolute atomic E-state index is 12.5. The molecule has 1 aromatic heterocycles. The number of pyridine rings is 1. The lowest BCUT2D eigenvalue weighted by atomic mass is 10.1. The molecule has 0 saturated heterocycles. The van der Waals surface area contributed by atoms with Crippen molar-refractivity contribution < 1.29 is 23.7 Å². The molecule has 1 aliphatic rings. The number of nitrogens with one attached hydrogen (secondary N) is 1. The molecule has 1 N–H and O–H groups in total. The molecular formula is C21H20N2O5S. The first-order chi connectivity index (χ1) is 14.1. The molecule has 2 heterocycles. The van der Waals surface area contributed by atoms with E-state index in [1.807, 2.05) is 25.1 Å². The third kappa shape index (κ3) is 4.02. The van der Waals surface area contributed by atoms with Gasteiger partial charge >= 0.3 is 0 Å². The highest BCUT2D eigenvalue weighted by Crippen LogP contribution is 2.37. The molecule has 1 amide bonds. The molecule has 0 saturated carbocycles. The normalized spacial score (nSPS) is 12.1. The summed E-state index contributed by atoms with van der Waals surface area (Å²) in [5.41, 5.74) is 2.36. The highest BCUT2D eigenvalue weighted by molar-refractivity contribution is 8.00. The van der Waals surface area contributed by atoms with Gasteiger partial charge in [-0.3, -0.25) is 4.79 Å². The maximum atomic E-state index is 12.5. The summed E-state index contributed by atoms with van der Waals surface area (Å²) in [6.07, 6.45) is 0. The minimum Gasteiger partial charge on any atom is -0.497 e. The van der Waals surface area contributed by atoms with Crippen LogP contribution in [-0.2, 0) is 4.79 Å². The predicted octanol–water partition coefficient (Wildman–Crippen LogP) is 4.02.